The van der Waals surface area contributed by atoms with Crippen molar-refractivity contribution in [2.45, 2.75) is 32.2 Å². The smallest absolute Gasteiger partial charge is 0.238 e. The molecule has 108 valence electrons. The summed E-state index contributed by atoms with van der Waals surface area (Å²) in [6.07, 6.45) is 3.87. The van der Waals surface area contributed by atoms with Crippen LogP contribution in [0.5, 0.6) is 0 Å². The molecule has 1 aliphatic rings. The predicted octanol–water partition coefficient (Wildman–Crippen LogP) is 2.64. The molecule has 1 saturated heterocycles. The first-order chi connectivity index (χ1) is 9.60. The Labute approximate surface area is 124 Å². The lowest BCUT2D eigenvalue weighted by atomic mass is 10.0. The van der Waals surface area contributed by atoms with Crippen molar-refractivity contribution in [1.29, 1.82) is 0 Å². The van der Waals surface area contributed by atoms with Gasteiger partial charge in [0, 0.05) is 10.7 Å². The average molecular weight is 295 g/mol. The van der Waals surface area contributed by atoms with E-state index < -0.39 is 0 Å². The molecule has 2 rings (SSSR count). The monoisotopic (exact) mass is 294 g/mol. The Kier molecular flexibility index (Phi) is 5.15. The van der Waals surface area contributed by atoms with E-state index in [1.807, 2.05) is 17.9 Å². The zero-order chi connectivity index (χ0) is 14.5. The number of aryl methyl sites for hydroxylation is 1. The number of carbonyl (C=O) groups is 2. The van der Waals surface area contributed by atoms with E-state index in [4.69, 9.17) is 11.6 Å². The van der Waals surface area contributed by atoms with Crippen LogP contribution in [0.4, 0.5) is 5.69 Å². The zero-order valence-electron chi connectivity index (χ0n) is 11.6. The van der Waals surface area contributed by atoms with Crippen molar-refractivity contribution in [3.63, 3.8) is 0 Å². The van der Waals surface area contributed by atoms with Crippen LogP contribution in [0, 0.1) is 6.92 Å². The van der Waals surface area contributed by atoms with Crippen LogP contribution in [-0.4, -0.2) is 36.2 Å². The molecule has 4 nitrogen and oxygen atoms in total. The first-order valence-corrected chi connectivity index (χ1v) is 7.23. The minimum Gasteiger partial charge on any atom is -0.325 e. The van der Waals surface area contributed by atoms with Gasteiger partial charge in [0.2, 0.25) is 5.91 Å². The molecule has 0 bridgehead atoms. The summed E-state index contributed by atoms with van der Waals surface area (Å²) in [6.45, 7) is 2.96. The maximum absolute atomic E-state index is 12.1. The maximum Gasteiger partial charge on any atom is 0.238 e. The van der Waals surface area contributed by atoms with Crippen molar-refractivity contribution < 1.29 is 9.59 Å². The van der Waals surface area contributed by atoms with Crippen LogP contribution in [0.25, 0.3) is 0 Å². The fourth-order valence-electron chi connectivity index (χ4n) is 2.47. The number of aldehydes is 1. The fourth-order valence-corrected chi connectivity index (χ4v) is 2.64. The van der Waals surface area contributed by atoms with E-state index in [-0.39, 0.29) is 18.5 Å². The van der Waals surface area contributed by atoms with E-state index >= 15 is 0 Å². The number of hydrogen-bond donors (Lipinski definition) is 1. The fraction of sp³-hybridized carbons (Fsp3) is 0.467. The Bertz CT molecular complexity index is 505. The van der Waals surface area contributed by atoms with Gasteiger partial charge in [0.15, 0.2) is 0 Å². The van der Waals surface area contributed by atoms with Gasteiger partial charge in [-0.25, -0.2) is 0 Å². The summed E-state index contributed by atoms with van der Waals surface area (Å²) < 4.78 is 0. The number of carbonyl (C=O) groups excluding carboxylic acids is 2. The Balaban J connectivity index is 1.98. The lowest BCUT2D eigenvalue weighted by molar-refractivity contribution is -0.120. The highest BCUT2D eigenvalue weighted by atomic mass is 35.5. The summed E-state index contributed by atoms with van der Waals surface area (Å²) in [5.74, 6) is -0.107. The summed E-state index contributed by atoms with van der Waals surface area (Å²) in [6, 6.07) is 5.27. The van der Waals surface area contributed by atoms with Crippen LogP contribution in [0.1, 0.15) is 24.8 Å². The number of piperidine rings is 1. The second kappa shape index (κ2) is 6.86. The molecule has 0 saturated carbocycles. The number of nitrogens with zero attached hydrogens (tertiary/aromatic N) is 1. The third-order valence-electron chi connectivity index (χ3n) is 3.64. The topological polar surface area (TPSA) is 49.4 Å². The summed E-state index contributed by atoms with van der Waals surface area (Å²) >= 11 is 5.93. The van der Waals surface area contributed by atoms with Crippen molar-refractivity contribution in [2.75, 3.05) is 18.4 Å². The second-order valence-electron chi connectivity index (χ2n) is 5.18. The van der Waals surface area contributed by atoms with E-state index in [0.29, 0.717) is 5.02 Å². The predicted molar refractivity (Wildman–Crippen MR) is 80.1 cm³/mol. The average Bonchev–Trinajstić information content (AvgIpc) is 2.43. The quantitative estimate of drug-likeness (QED) is 0.869. The van der Waals surface area contributed by atoms with E-state index in [1.54, 1.807) is 12.1 Å². The molecule has 0 aromatic heterocycles. The molecule has 1 unspecified atom stereocenters. The Morgan fingerprint density at radius 1 is 1.50 bits per heavy atom. The van der Waals surface area contributed by atoms with Crippen LogP contribution in [0.3, 0.4) is 0 Å². The number of amides is 1. The van der Waals surface area contributed by atoms with Gasteiger partial charge in [0.25, 0.3) is 0 Å². The molecular weight excluding hydrogens is 276 g/mol. The van der Waals surface area contributed by atoms with Gasteiger partial charge in [0.05, 0.1) is 12.6 Å². The SMILES string of the molecule is Cc1ccc(Cl)cc1NC(=O)CN1CCCCC1C=O. The highest BCUT2D eigenvalue weighted by Crippen LogP contribution is 2.20. The maximum atomic E-state index is 12.1. The molecule has 1 heterocycles. The molecule has 1 aliphatic heterocycles. The minimum absolute atomic E-state index is 0.107. The summed E-state index contributed by atoms with van der Waals surface area (Å²) in [4.78, 5) is 25.0. The van der Waals surface area contributed by atoms with Gasteiger partial charge in [-0.3, -0.25) is 9.69 Å². The molecule has 0 spiro atoms. The van der Waals surface area contributed by atoms with Crippen LogP contribution >= 0.6 is 11.6 Å². The first kappa shape index (κ1) is 15.0. The number of rotatable bonds is 4. The number of anilines is 1. The normalized spacial score (nSPS) is 19.6. The number of nitrogens with one attached hydrogen (secondary N) is 1. The van der Waals surface area contributed by atoms with Gasteiger partial charge in [-0.15, -0.1) is 0 Å². The number of hydrogen-bond acceptors (Lipinski definition) is 3. The van der Waals surface area contributed by atoms with Crippen LogP contribution < -0.4 is 5.32 Å². The third-order valence-corrected chi connectivity index (χ3v) is 3.88. The molecule has 1 fully saturated rings. The van der Waals surface area contributed by atoms with Gasteiger partial charge in [-0.1, -0.05) is 24.1 Å². The molecule has 1 amide bonds. The van der Waals surface area contributed by atoms with Gasteiger partial charge in [-0.2, -0.15) is 0 Å². The molecule has 1 aromatic carbocycles. The van der Waals surface area contributed by atoms with Gasteiger partial charge in [-0.05, 0) is 44.0 Å². The highest BCUT2D eigenvalue weighted by molar-refractivity contribution is 6.31. The first-order valence-electron chi connectivity index (χ1n) is 6.85. The summed E-state index contributed by atoms with van der Waals surface area (Å²) in [7, 11) is 0. The number of benzene rings is 1. The largest absolute Gasteiger partial charge is 0.325 e. The summed E-state index contributed by atoms with van der Waals surface area (Å²) in [5.41, 5.74) is 1.69. The lowest BCUT2D eigenvalue weighted by Gasteiger charge is -2.31. The molecule has 5 heteroatoms. The van der Waals surface area contributed by atoms with Gasteiger partial charge >= 0.3 is 0 Å². The van der Waals surface area contributed by atoms with Crippen molar-refractivity contribution in [3.05, 3.63) is 28.8 Å². The zero-order valence-corrected chi connectivity index (χ0v) is 12.3. The van der Waals surface area contributed by atoms with E-state index in [9.17, 15) is 9.59 Å². The number of likely N-dealkylation sites (tertiary alicyclic amines) is 1. The van der Waals surface area contributed by atoms with Crippen LogP contribution in [-0.2, 0) is 9.59 Å². The van der Waals surface area contributed by atoms with Gasteiger partial charge in [0.1, 0.15) is 6.29 Å². The molecule has 1 atom stereocenters. The standard InChI is InChI=1S/C15H19ClN2O2/c1-11-5-6-12(16)8-14(11)17-15(20)9-18-7-3-2-4-13(18)10-19/h5-6,8,10,13H,2-4,7,9H2,1H3,(H,17,20). The molecule has 1 aromatic rings. The molecular formula is C15H19ClN2O2. The highest BCUT2D eigenvalue weighted by Gasteiger charge is 2.23. The molecule has 0 aliphatic carbocycles. The molecule has 0 radical (unpaired) electrons. The number of halogens is 1. The summed E-state index contributed by atoms with van der Waals surface area (Å²) in [5, 5.41) is 3.45. The second-order valence-corrected chi connectivity index (χ2v) is 5.61. The van der Waals surface area contributed by atoms with E-state index in [0.717, 1.165) is 43.3 Å². The van der Waals surface area contributed by atoms with E-state index in [2.05, 4.69) is 5.32 Å². The van der Waals surface area contributed by atoms with Crippen molar-refractivity contribution in [2.24, 2.45) is 0 Å². The van der Waals surface area contributed by atoms with E-state index in [1.165, 1.54) is 0 Å². The van der Waals surface area contributed by atoms with Crippen LogP contribution in [0.2, 0.25) is 5.02 Å². The Hall–Kier alpha value is -1.39. The van der Waals surface area contributed by atoms with Crippen molar-refractivity contribution >= 4 is 29.5 Å². The van der Waals surface area contributed by atoms with Crippen LogP contribution in [0.15, 0.2) is 18.2 Å². The van der Waals surface area contributed by atoms with Gasteiger partial charge < -0.3 is 10.1 Å². The van der Waals surface area contributed by atoms with Crippen molar-refractivity contribution in [3.8, 4) is 0 Å². The Morgan fingerprint density at radius 2 is 2.30 bits per heavy atom. The van der Waals surface area contributed by atoms with Crippen molar-refractivity contribution in [1.82, 2.24) is 4.90 Å². The molecule has 20 heavy (non-hydrogen) atoms. The third kappa shape index (κ3) is 3.81. The Morgan fingerprint density at radius 3 is 3.05 bits per heavy atom. The lowest BCUT2D eigenvalue weighted by Crippen LogP contribution is -2.44. The molecule has 1 N–H and O–H groups in total. The minimum atomic E-state index is -0.130.